The summed E-state index contributed by atoms with van der Waals surface area (Å²) >= 11 is 0. The summed E-state index contributed by atoms with van der Waals surface area (Å²) < 4.78 is 18.9. The molecule has 1 saturated heterocycles. The molecule has 1 heterocycles. The van der Waals surface area contributed by atoms with Gasteiger partial charge in [-0.15, -0.1) is 0 Å². The normalized spacial score (nSPS) is 17.9. The molecule has 3 rings (SSSR count). The van der Waals surface area contributed by atoms with Gasteiger partial charge in [-0.25, -0.2) is 4.39 Å². The zero-order valence-corrected chi connectivity index (χ0v) is 17.3. The van der Waals surface area contributed by atoms with Gasteiger partial charge in [-0.2, -0.15) is 0 Å². The highest BCUT2D eigenvalue weighted by molar-refractivity contribution is 5.79. The van der Waals surface area contributed by atoms with Gasteiger partial charge in [-0.1, -0.05) is 36.4 Å². The van der Waals surface area contributed by atoms with Crippen molar-refractivity contribution in [1.82, 2.24) is 15.5 Å². The van der Waals surface area contributed by atoms with Gasteiger partial charge in [0.2, 0.25) is 0 Å². The Hall–Kier alpha value is -2.44. The zero-order chi connectivity index (χ0) is 20.5. The molecule has 0 radical (unpaired) electrons. The highest BCUT2D eigenvalue weighted by atomic mass is 19.1. The Morgan fingerprint density at radius 3 is 2.72 bits per heavy atom. The van der Waals surface area contributed by atoms with Gasteiger partial charge in [0.15, 0.2) is 5.96 Å². The number of nitrogens with one attached hydrogen (secondary N) is 2. The molecule has 29 heavy (non-hydrogen) atoms. The second kappa shape index (κ2) is 10.9. The fraction of sp³-hybridized carbons (Fsp3) is 0.435. The van der Waals surface area contributed by atoms with Crippen molar-refractivity contribution >= 4 is 5.96 Å². The van der Waals surface area contributed by atoms with E-state index in [4.69, 9.17) is 4.74 Å². The van der Waals surface area contributed by atoms with Gasteiger partial charge in [-0.05, 0) is 42.2 Å². The van der Waals surface area contributed by atoms with Gasteiger partial charge in [0.25, 0.3) is 0 Å². The van der Waals surface area contributed by atoms with Crippen LogP contribution in [0.3, 0.4) is 0 Å². The van der Waals surface area contributed by atoms with Gasteiger partial charge in [0, 0.05) is 39.8 Å². The summed E-state index contributed by atoms with van der Waals surface area (Å²) in [5.41, 5.74) is 3.50. The van der Waals surface area contributed by atoms with E-state index in [-0.39, 0.29) is 5.82 Å². The summed E-state index contributed by atoms with van der Waals surface area (Å²) in [7, 11) is 1.76. The third kappa shape index (κ3) is 7.15. The minimum atomic E-state index is -0.198. The number of morpholine rings is 1. The van der Waals surface area contributed by atoms with Crippen LogP contribution in [0.2, 0.25) is 0 Å². The first kappa shape index (κ1) is 21.3. The lowest BCUT2D eigenvalue weighted by Gasteiger charge is -2.31. The van der Waals surface area contributed by atoms with E-state index in [1.165, 1.54) is 17.2 Å². The molecule has 0 saturated carbocycles. The topological polar surface area (TPSA) is 48.9 Å². The van der Waals surface area contributed by atoms with Crippen LogP contribution in [0, 0.1) is 5.82 Å². The van der Waals surface area contributed by atoms with Crippen molar-refractivity contribution in [2.45, 2.75) is 32.5 Å². The van der Waals surface area contributed by atoms with Gasteiger partial charge >= 0.3 is 0 Å². The Balaban J connectivity index is 1.45. The average molecular weight is 399 g/mol. The molecule has 2 aromatic carbocycles. The van der Waals surface area contributed by atoms with Crippen molar-refractivity contribution < 1.29 is 9.13 Å². The summed E-state index contributed by atoms with van der Waals surface area (Å²) in [6, 6.07) is 15.4. The Kier molecular flexibility index (Phi) is 8.02. The van der Waals surface area contributed by atoms with Crippen LogP contribution in [0.15, 0.2) is 53.5 Å². The standard InChI is InChI=1S/C23H31FN4O/c1-18-16-28(11-12-29-18)17-21-7-3-6-20(13-21)15-27-23(25-2)26-10-9-19-5-4-8-22(24)14-19/h3-8,13-14,18H,9-12,15-17H2,1-2H3,(H2,25,26,27). The molecule has 0 aliphatic carbocycles. The van der Waals surface area contributed by atoms with Gasteiger partial charge < -0.3 is 15.4 Å². The average Bonchev–Trinajstić information content (AvgIpc) is 2.71. The third-order valence-electron chi connectivity index (χ3n) is 5.00. The second-order valence-corrected chi connectivity index (χ2v) is 7.47. The maximum atomic E-state index is 13.3. The number of aliphatic imine (C=N–C) groups is 1. The first-order chi connectivity index (χ1) is 14.1. The van der Waals surface area contributed by atoms with Crippen LogP contribution in [-0.2, 0) is 24.2 Å². The van der Waals surface area contributed by atoms with E-state index in [1.54, 1.807) is 19.2 Å². The monoisotopic (exact) mass is 398 g/mol. The highest BCUT2D eigenvalue weighted by Gasteiger charge is 2.16. The van der Waals surface area contributed by atoms with Crippen LogP contribution in [0.25, 0.3) is 0 Å². The van der Waals surface area contributed by atoms with Crippen LogP contribution in [-0.4, -0.2) is 50.3 Å². The van der Waals surface area contributed by atoms with Crippen molar-refractivity contribution in [2.24, 2.45) is 4.99 Å². The Bertz CT molecular complexity index is 811. The number of halogens is 1. The van der Waals surface area contributed by atoms with Crippen molar-refractivity contribution in [3.63, 3.8) is 0 Å². The molecule has 1 unspecified atom stereocenters. The summed E-state index contributed by atoms with van der Waals surface area (Å²) in [5.74, 6) is 0.547. The van der Waals surface area contributed by atoms with Crippen LogP contribution in [0.5, 0.6) is 0 Å². The largest absolute Gasteiger partial charge is 0.376 e. The molecule has 0 aromatic heterocycles. The lowest BCUT2D eigenvalue weighted by atomic mass is 10.1. The van der Waals surface area contributed by atoms with Crippen molar-refractivity contribution in [3.05, 3.63) is 71.0 Å². The number of hydrogen-bond acceptors (Lipinski definition) is 3. The molecule has 6 heteroatoms. The van der Waals surface area contributed by atoms with Crippen molar-refractivity contribution in [1.29, 1.82) is 0 Å². The molecule has 0 bridgehead atoms. The van der Waals surface area contributed by atoms with Crippen molar-refractivity contribution in [3.8, 4) is 0 Å². The molecule has 1 fully saturated rings. The molecular formula is C23H31FN4O. The van der Waals surface area contributed by atoms with Gasteiger partial charge in [0.1, 0.15) is 5.82 Å². The number of guanidine groups is 1. The fourth-order valence-electron chi connectivity index (χ4n) is 3.55. The molecule has 0 spiro atoms. The molecule has 1 atom stereocenters. The number of rotatable bonds is 7. The lowest BCUT2D eigenvalue weighted by molar-refractivity contribution is -0.0212. The fourth-order valence-corrected chi connectivity index (χ4v) is 3.55. The number of hydrogen-bond donors (Lipinski definition) is 2. The van der Waals surface area contributed by atoms with Gasteiger partial charge in [-0.3, -0.25) is 9.89 Å². The summed E-state index contributed by atoms with van der Waals surface area (Å²) in [6.07, 6.45) is 1.04. The first-order valence-corrected chi connectivity index (χ1v) is 10.2. The molecule has 156 valence electrons. The highest BCUT2D eigenvalue weighted by Crippen LogP contribution is 2.12. The molecule has 2 N–H and O–H groups in total. The predicted octanol–water partition coefficient (Wildman–Crippen LogP) is 2.95. The number of nitrogens with zero attached hydrogens (tertiary/aromatic N) is 2. The van der Waals surface area contributed by atoms with E-state index in [0.717, 1.165) is 44.2 Å². The van der Waals surface area contributed by atoms with E-state index < -0.39 is 0 Å². The second-order valence-electron chi connectivity index (χ2n) is 7.47. The predicted molar refractivity (Wildman–Crippen MR) is 115 cm³/mol. The molecule has 0 amide bonds. The molecule has 1 aliphatic rings. The molecule has 1 aliphatic heterocycles. The quantitative estimate of drug-likeness (QED) is 0.556. The van der Waals surface area contributed by atoms with Crippen LogP contribution >= 0.6 is 0 Å². The molecule has 5 nitrogen and oxygen atoms in total. The maximum Gasteiger partial charge on any atom is 0.191 e. The van der Waals surface area contributed by atoms with E-state index in [1.807, 2.05) is 6.07 Å². The third-order valence-corrected chi connectivity index (χ3v) is 5.00. The van der Waals surface area contributed by atoms with E-state index in [9.17, 15) is 4.39 Å². The lowest BCUT2D eigenvalue weighted by Crippen LogP contribution is -2.40. The van der Waals surface area contributed by atoms with Gasteiger partial charge in [0.05, 0.1) is 12.7 Å². The summed E-state index contributed by atoms with van der Waals surface area (Å²) in [6.45, 7) is 7.23. The summed E-state index contributed by atoms with van der Waals surface area (Å²) in [5, 5.41) is 6.64. The van der Waals surface area contributed by atoms with E-state index in [0.29, 0.717) is 19.2 Å². The maximum absolute atomic E-state index is 13.3. The number of ether oxygens (including phenoxy) is 1. The van der Waals surface area contributed by atoms with Crippen LogP contribution < -0.4 is 10.6 Å². The van der Waals surface area contributed by atoms with Crippen LogP contribution in [0.4, 0.5) is 4.39 Å². The van der Waals surface area contributed by atoms with E-state index >= 15 is 0 Å². The molecule has 2 aromatic rings. The number of benzene rings is 2. The SMILES string of the molecule is CN=C(NCCc1cccc(F)c1)NCc1cccc(CN2CCOC(C)C2)c1. The van der Waals surface area contributed by atoms with E-state index in [2.05, 4.69) is 51.7 Å². The minimum Gasteiger partial charge on any atom is -0.376 e. The Morgan fingerprint density at radius 1 is 1.14 bits per heavy atom. The smallest absolute Gasteiger partial charge is 0.191 e. The first-order valence-electron chi connectivity index (χ1n) is 10.2. The van der Waals surface area contributed by atoms with Crippen molar-refractivity contribution in [2.75, 3.05) is 33.3 Å². The van der Waals surface area contributed by atoms with Crippen LogP contribution in [0.1, 0.15) is 23.6 Å². The Labute approximate surface area is 173 Å². The Morgan fingerprint density at radius 2 is 1.93 bits per heavy atom. The minimum absolute atomic E-state index is 0.198. The zero-order valence-electron chi connectivity index (χ0n) is 17.3. The molecular weight excluding hydrogens is 367 g/mol. The summed E-state index contributed by atoms with van der Waals surface area (Å²) in [4.78, 5) is 6.71.